The van der Waals surface area contributed by atoms with Crippen LogP contribution in [0.3, 0.4) is 0 Å². The maximum atomic E-state index is 13.9. The quantitative estimate of drug-likeness (QED) is 0.725. The Labute approximate surface area is 124 Å². The molecule has 0 heterocycles. The van der Waals surface area contributed by atoms with Crippen LogP contribution < -0.4 is 9.47 Å². The molecule has 2 aliphatic carbocycles. The van der Waals surface area contributed by atoms with E-state index in [9.17, 15) is 8.78 Å². The Bertz CT molecular complexity index is 480. The number of benzene rings is 1. The molecule has 2 fully saturated rings. The van der Waals surface area contributed by atoms with Crippen molar-refractivity contribution in [3.63, 3.8) is 0 Å². The Morgan fingerprint density at radius 1 is 0.857 bits per heavy atom. The van der Waals surface area contributed by atoms with Gasteiger partial charge in [0.1, 0.15) is 0 Å². The fourth-order valence-corrected chi connectivity index (χ4v) is 2.86. The predicted molar refractivity (Wildman–Crippen MR) is 76.6 cm³/mol. The summed E-state index contributed by atoms with van der Waals surface area (Å²) < 4.78 is 38.5. The summed E-state index contributed by atoms with van der Waals surface area (Å²) in [7, 11) is 0. The molecule has 2 aliphatic rings. The molecule has 2 saturated carbocycles. The van der Waals surface area contributed by atoms with Crippen LogP contribution in [0.4, 0.5) is 8.78 Å². The topological polar surface area (TPSA) is 18.5 Å². The lowest BCUT2D eigenvalue weighted by atomic mass is 10.1. The van der Waals surface area contributed by atoms with Crippen LogP contribution in [0.25, 0.3) is 0 Å². The molecule has 0 spiro atoms. The normalized spacial score (nSPS) is 19.0. The van der Waals surface area contributed by atoms with E-state index in [1.807, 2.05) is 0 Å². The van der Waals surface area contributed by atoms with Gasteiger partial charge in [-0.25, -0.2) is 0 Å². The van der Waals surface area contributed by atoms with Crippen LogP contribution in [-0.4, -0.2) is 13.2 Å². The molecule has 0 atom stereocenters. The highest BCUT2D eigenvalue weighted by atomic mass is 19.2. The molecule has 0 amide bonds. The molecule has 4 heteroatoms. The van der Waals surface area contributed by atoms with Gasteiger partial charge in [-0.3, -0.25) is 0 Å². The van der Waals surface area contributed by atoms with Crippen LogP contribution in [0, 0.1) is 23.5 Å². The maximum Gasteiger partial charge on any atom is 0.204 e. The van der Waals surface area contributed by atoms with Crippen LogP contribution in [0.2, 0.25) is 0 Å². The monoisotopic (exact) mass is 296 g/mol. The van der Waals surface area contributed by atoms with Crippen LogP contribution in [0.5, 0.6) is 11.5 Å². The van der Waals surface area contributed by atoms with Crippen molar-refractivity contribution < 1.29 is 18.3 Å². The highest BCUT2D eigenvalue weighted by Crippen LogP contribution is 2.33. The molecular formula is C17H22F2O2. The van der Waals surface area contributed by atoms with E-state index in [1.54, 1.807) is 0 Å². The molecule has 0 unspecified atom stereocenters. The average Bonchev–Trinajstić information content (AvgIpc) is 3.17. The highest BCUT2D eigenvalue weighted by molar-refractivity contribution is 5.35. The predicted octanol–water partition coefficient (Wildman–Crippen LogP) is 4.71. The third-order valence-corrected chi connectivity index (χ3v) is 4.44. The van der Waals surface area contributed by atoms with Gasteiger partial charge in [0.05, 0.1) is 13.2 Å². The second-order valence-corrected chi connectivity index (χ2v) is 6.23. The van der Waals surface area contributed by atoms with Crippen LogP contribution in [-0.2, 0) is 0 Å². The largest absolute Gasteiger partial charge is 0.490 e. The first kappa shape index (κ1) is 14.6. The van der Waals surface area contributed by atoms with Gasteiger partial charge in [0.15, 0.2) is 11.5 Å². The van der Waals surface area contributed by atoms with Gasteiger partial charge in [0, 0.05) is 0 Å². The van der Waals surface area contributed by atoms with E-state index in [0.717, 1.165) is 19.3 Å². The van der Waals surface area contributed by atoms with E-state index < -0.39 is 11.6 Å². The van der Waals surface area contributed by atoms with E-state index >= 15 is 0 Å². The smallest absolute Gasteiger partial charge is 0.204 e. The molecule has 1 aromatic carbocycles. The Kier molecular flexibility index (Phi) is 4.61. The Balaban J connectivity index is 1.53. The Hall–Kier alpha value is -1.32. The van der Waals surface area contributed by atoms with Crippen molar-refractivity contribution in [2.75, 3.05) is 13.2 Å². The summed E-state index contributed by atoms with van der Waals surface area (Å²) in [6, 6.07) is 2.93. The first-order valence-corrected chi connectivity index (χ1v) is 7.97. The minimum Gasteiger partial charge on any atom is -0.490 e. The molecule has 3 rings (SSSR count). The molecule has 116 valence electrons. The fraction of sp³-hybridized carbons (Fsp3) is 0.647. The Morgan fingerprint density at radius 2 is 1.48 bits per heavy atom. The van der Waals surface area contributed by atoms with Crippen LogP contribution >= 0.6 is 0 Å². The number of halogens is 2. The zero-order valence-corrected chi connectivity index (χ0v) is 12.2. The molecule has 0 aliphatic heterocycles. The summed E-state index contributed by atoms with van der Waals surface area (Å²) in [6.45, 7) is 0.918. The molecule has 2 nitrogen and oxygen atoms in total. The lowest BCUT2D eigenvalue weighted by Gasteiger charge is -2.13. The number of ether oxygens (including phenoxy) is 2. The lowest BCUT2D eigenvalue weighted by Crippen LogP contribution is -2.07. The molecule has 0 aromatic heterocycles. The van der Waals surface area contributed by atoms with E-state index in [4.69, 9.17) is 9.47 Å². The second kappa shape index (κ2) is 6.63. The molecule has 21 heavy (non-hydrogen) atoms. The molecule has 0 radical (unpaired) electrons. The van der Waals surface area contributed by atoms with Crippen molar-refractivity contribution in [2.45, 2.75) is 44.9 Å². The summed E-state index contributed by atoms with van der Waals surface area (Å²) >= 11 is 0. The second-order valence-electron chi connectivity index (χ2n) is 6.23. The lowest BCUT2D eigenvalue weighted by molar-refractivity contribution is 0.253. The molecule has 0 saturated heterocycles. The van der Waals surface area contributed by atoms with Crippen molar-refractivity contribution in [2.24, 2.45) is 11.8 Å². The van der Waals surface area contributed by atoms with Gasteiger partial charge >= 0.3 is 0 Å². The molecule has 0 bridgehead atoms. The average molecular weight is 296 g/mol. The van der Waals surface area contributed by atoms with Gasteiger partial charge in [-0.2, -0.15) is 8.78 Å². The first-order chi connectivity index (χ1) is 10.2. The zero-order valence-electron chi connectivity index (χ0n) is 12.2. The summed E-state index contributed by atoms with van der Waals surface area (Å²) in [4.78, 5) is 0. The Morgan fingerprint density at radius 3 is 2.10 bits per heavy atom. The fourth-order valence-electron chi connectivity index (χ4n) is 2.86. The third-order valence-electron chi connectivity index (χ3n) is 4.44. The van der Waals surface area contributed by atoms with Crippen LogP contribution in [0.15, 0.2) is 12.1 Å². The van der Waals surface area contributed by atoms with Gasteiger partial charge < -0.3 is 9.47 Å². The minimum atomic E-state index is -0.936. The van der Waals surface area contributed by atoms with Gasteiger partial charge in [-0.05, 0) is 43.2 Å². The molecular weight excluding hydrogens is 274 g/mol. The zero-order chi connectivity index (χ0) is 14.7. The third kappa shape index (κ3) is 3.86. The summed E-state index contributed by atoms with van der Waals surface area (Å²) in [5.41, 5.74) is 0. The van der Waals surface area contributed by atoms with E-state index in [1.165, 1.54) is 37.8 Å². The van der Waals surface area contributed by atoms with Gasteiger partial charge in [0.25, 0.3) is 0 Å². The number of hydrogen-bond acceptors (Lipinski definition) is 2. The summed E-state index contributed by atoms with van der Waals surface area (Å²) in [5, 5.41) is 0. The van der Waals surface area contributed by atoms with Crippen LogP contribution in [0.1, 0.15) is 44.9 Å². The molecule has 0 N–H and O–H groups in total. The van der Waals surface area contributed by atoms with E-state index in [2.05, 4.69) is 0 Å². The van der Waals surface area contributed by atoms with Gasteiger partial charge in [-0.1, -0.05) is 25.7 Å². The van der Waals surface area contributed by atoms with Crippen molar-refractivity contribution in [3.05, 3.63) is 23.8 Å². The van der Waals surface area contributed by atoms with Crippen molar-refractivity contribution in [1.82, 2.24) is 0 Å². The first-order valence-electron chi connectivity index (χ1n) is 7.97. The minimum absolute atomic E-state index is 0.00994. The molecule has 1 aromatic rings. The summed E-state index contributed by atoms with van der Waals surface area (Å²) in [6.07, 6.45) is 8.17. The van der Waals surface area contributed by atoms with E-state index in [0.29, 0.717) is 25.0 Å². The number of rotatable bonds is 7. The highest BCUT2D eigenvalue weighted by Gasteiger charge is 2.24. The number of hydrogen-bond donors (Lipinski definition) is 0. The van der Waals surface area contributed by atoms with E-state index in [-0.39, 0.29) is 11.5 Å². The van der Waals surface area contributed by atoms with Crippen molar-refractivity contribution in [1.29, 1.82) is 0 Å². The standard InChI is InChI=1S/C17H22F2O2/c18-16-14(20-10-9-12-3-1-2-4-12)7-8-15(17(16)19)21-11-13-5-6-13/h7-8,12-13H,1-6,9-11H2. The SMILES string of the molecule is Fc1c(OCCC2CCCC2)ccc(OCC2CC2)c1F. The van der Waals surface area contributed by atoms with Crippen molar-refractivity contribution >= 4 is 0 Å². The maximum absolute atomic E-state index is 13.9. The summed E-state index contributed by atoms with van der Waals surface area (Å²) in [5.74, 6) is -0.704. The van der Waals surface area contributed by atoms with Gasteiger partial charge in [-0.15, -0.1) is 0 Å². The van der Waals surface area contributed by atoms with Gasteiger partial charge in [0.2, 0.25) is 11.6 Å². The van der Waals surface area contributed by atoms with Crippen molar-refractivity contribution in [3.8, 4) is 11.5 Å².